The van der Waals surface area contributed by atoms with Crippen LogP contribution in [0, 0.1) is 11.6 Å². The Labute approximate surface area is 95.1 Å². The Hall–Kier alpha value is -0.585. The minimum atomic E-state index is -1.49. The van der Waals surface area contributed by atoms with Gasteiger partial charge in [-0.05, 0) is 30.3 Å². The molecule has 1 heterocycles. The van der Waals surface area contributed by atoms with E-state index in [0.717, 1.165) is 0 Å². The summed E-state index contributed by atoms with van der Waals surface area (Å²) in [5, 5.41) is 9.38. The molecule has 0 amide bonds. The summed E-state index contributed by atoms with van der Waals surface area (Å²) in [7, 11) is -2.70. The molecule has 0 saturated heterocycles. The fourth-order valence-corrected chi connectivity index (χ4v) is 3.14. The van der Waals surface area contributed by atoms with Crippen LogP contribution < -0.4 is 5.46 Å². The van der Waals surface area contributed by atoms with Crippen molar-refractivity contribution in [1.29, 1.82) is 0 Å². The second-order valence-corrected chi connectivity index (χ2v) is 8.65. The highest BCUT2D eigenvalue weighted by atomic mass is 32.3. The molecule has 2 rings (SSSR count). The maximum absolute atomic E-state index is 14.1. The quantitative estimate of drug-likeness (QED) is 0.755. The van der Waals surface area contributed by atoms with E-state index in [4.69, 9.17) is 4.65 Å². The molecular formula is C10H13BF2O2S. The van der Waals surface area contributed by atoms with E-state index in [1.165, 1.54) is 6.07 Å². The van der Waals surface area contributed by atoms with Gasteiger partial charge in [0, 0.05) is 5.56 Å². The molecule has 1 aliphatic heterocycles. The molecule has 1 aromatic carbocycles. The van der Waals surface area contributed by atoms with Crippen molar-refractivity contribution in [2.45, 2.75) is 11.5 Å². The average Bonchev–Trinajstić information content (AvgIpc) is 2.46. The normalized spacial score (nSPS) is 16.5. The molecule has 0 atom stereocenters. The van der Waals surface area contributed by atoms with Crippen LogP contribution in [0.3, 0.4) is 0 Å². The molecule has 0 aliphatic carbocycles. The lowest BCUT2D eigenvalue weighted by Crippen LogP contribution is -2.29. The standard InChI is InChI=1S/C10H13BF2O2S/c1-16(2,3)10-8(12)4-7-6(9(10)13)5-15-11(7)14/h4,14H,5H2,1-3H3. The van der Waals surface area contributed by atoms with Crippen LogP contribution in [0.4, 0.5) is 8.78 Å². The van der Waals surface area contributed by atoms with Crippen LogP contribution in [0.2, 0.25) is 0 Å². The van der Waals surface area contributed by atoms with Gasteiger partial charge in [0.1, 0.15) is 11.6 Å². The fraction of sp³-hybridized carbons (Fsp3) is 0.400. The minimum Gasteiger partial charge on any atom is -0.423 e. The van der Waals surface area contributed by atoms with E-state index in [2.05, 4.69) is 0 Å². The lowest BCUT2D eigenvalue weighted by Gasteiger charge is -2.27. The summed E-state index contributed by atoms with van der Waals surface area (Å²) in [5.74, 6) is -1.16. The summed E-state index contributed by atoms with van der Waals surface area (Å²) in [6.07, 6.45) is 5.48. The number of benzene rings is 1. The largest absolute Gasteiger partial charge is 0.491 e. The first-order chi connectivity index (χ1) is 7.32. The predicted molar refractivity (Wildman–Crippen MR) is 62.4 cm³/mol. The van der Waals surface area contributed by atoms with Crippen molar-refractivity contribution in [3.05, 3.63) is 23.3 Å². The Balaban J connectivity index is 2.67. The van der Waals surface area contributed by atoms with Crippen LogP contribution in [0.25, 0.3) is 0 Å². The number of fused-ring (bicyclic) bond motifs is 1. The zero-order chi connectivity index (χ0) is 12.1. The highest BCUT2D eigenvalue weighted by Crippen LogP contribution is 2.48. The first-order valence-corrected chi connectivity index (χ1v) is 7.67. The van der Waals surface area contributed by atoms with E-state index >= 15 is 0 Å². The van der Waals surface area contributed by atoms with Crippen LogP contribution >= 0.6 is 10.0 Å². The number of hydrogen-bond acceptors (Lipinski definition) is 2. The summed E-state index contributed by atoms with van der Waals surface area (Å²) < 4.78 is 32.8. The van der Waals surface area contributed by atoms with Gasteiger partial charge < -0.3 is 9.68 Å². The second-order valence-electron chi connectivity index (χ2n) is 4.57. The molecule has 0 spiro atoms. The van der Waals surface area contributed by atoms with E-state index in [-0.39, 0.29) is 22.5 Å². The van der Waals surface area contributed by atoms with Gasteiger partial charge in [0.2, 0.25) is 0 Å². The molecular weight excluding hydrogens is 233 g/mol. The topological polar surface area (TPSA) is 29.5 Å². The van der Waals surface area contributed by atoms with Gasteiger partial charge in [0.25, 0.3) is 0 Å². The predicted octanol–water partition coefficient (Wildman–Crippen LogP) is 1.24. The Morgan fingerprint density at radius 2 is 2.00 bits per heavy atom. The highest BCUT2D eigenvalue weighted by Gasteiger charge is 2.34. The van der Waals surface area contributed by atoms with E-state index in [1.54, 1.807) is 0 Å². The molecule has 1 aliphatic rings. The van der Waals surface area contributed by atoms with Crippen molar-refractivity contribution < 1.29 is 18.5 Å². The van der Waals surface area contributed by atoms with Gasteiger partial charge in [0.05, 0.1) is 11.5 Å². The molecule has 0 unspecified atom stereocenters. The Bertz CT molecular complexity index is 445. The smallest absolute Gasteiger partial charge is 0.423 e. The van der Waals surface area contributed by atoms with Crippen LogP contribution in [0.5, 0.6) is 0 Å². The minimum absolute atomic E-state index is 0.00509. The zero-order valence-electron chi connectivity index (χ0n) is 9.38. The monoisotopic (exact) mass is 246 g/mol. The SMILES string of the molecule is CS(C)(C)c1c(F)cc2c(c1F)COB2O. The zero-order valence-corrected chi connectivity index (χ0v) is 10.2. The summed E-state index contributed by atoms with van der Waals surface area (Å²) in [6.45, 7) is 0.00509. The lowest BCUT2D eigenvalue weighted by molar-refractivity contribution is 0.271. The lowest BCUT2D eigenvalue weighted by atomic mass is 9.79. The number of rotatable bonds is 1. The van der Waals surface area contributed by atoms with Crippen LogP contribution in [0.15, 0.2) is 11.0 Å². The first kappa shape index (κ1) is 11.9. The molecule has 0 aromatic heterocycles. The summed E-state index contributed by atoms with van der Waals surface area (Å²) >= 11 is 0. The van der Waals surface area contributed by atoms with Gasteiger partial charge in [-0.3, -0.25) is 0 Å². The Morgan fingerprint density at radius 3 is 2.56 bits per heavy atom. The fourth-order valence-electron chi connectivity index (χ4n) is 1.84. The average molecular weight is 246 g/mol. The molecule has 88 valence electrons. The molecule has 2 nitrogen and oxygen atoms in total. The molecule has 1 aromatic rings. The van der Waals surface area contributed by atoms with Gasteiger partial charge in [-0.25, -0.2) is 18.8 Å². The molecule has 0 fully saturated rings. The van der Waals surface area contributed by atoms with Crippen molar-refractivity contribution in [3.8, 4) is 0 Å². The van der Waals surface area contributed by atoms with Crippen molar-refractivity contribution in [3.63, 3.8) is 0 Å². The third kappa shape index (κ3) is 1.75. The van der Waals surface area contributed by atoms with Gasteiger partial charge in [-0.1, -0.05) is 0 Å². The van der Waals surface area contributed by atoms with E-state index in [0.29, 0.717) is 0 Å². The Morgan fingerprint density at radius 1 is 1.38 bits per heavy atom. The van der Waals surface area contributed by atoms with E-state index in [1.807, 2.05) is 18.8 Å². The maximum Gasteiger partial charge on any atom is 0.491 e. The molecule has 16 heavy (non-hydrogen) atoms. The second kappa shape index (κ2) is 3.72. The maximum atomic E-state index is 14.1. The summed E-state index contributed by atoms with van der Waals surface area (Å²) in [6, 6.07) is 1.18. The molecule has 6 heteroatoms. The van der Waals surface area contributed by atoms with Gasteiger partial charge in [-0.2, -0.15) is 0 Å². The van der Waals surface area contributed by atoms with Crippen molar-refractivity contribution in [2.24, 2.45) is 0 Å². The number of hydrogen-bond donors (Lipinski definition) is 1. The number of halogens is 2. The van der Waals surface area contributed by atoms with Gasteiger partial charge in [-0.15, -0.1) is 0 Å². The molecule has 1 N–H and O–H groups in total. The summed E-state index contributed by atoms with van der Waals surface area (Å²) in [4.78, 5) is 0.129. The van der Waals surface area contributed by atoms with Crippen LogP contribution in [-0.2, 0) is 11.3 Å². The van der Waals surface area contributed by atoms with Gasteiger partial charge in [0.15, 0.2) is 0 Å². The molecule has 0 radical (unpaired) electrons. The third-order valence-corrected chi connectivity index (χ3v) is 4.17. The van der Waals surface area contributed by atoms with E-state index in [9.17, 15) is 13.8 Å². The highest BCUT2D eigenvalue weighted by molar-refractivity contribution is 8.32. The van der Waals surface area contributed by atoms with Crippen molar-refractivity contribution >= 4 is 22.6 Å². The van der Waals surface area contributed by atoms with Crippen LogP contribution in [0.1, 0.15) is 5.56 Å². The summed E-state index contributed by atoms with van der Waals surface area (Å²) in [5.41, 5.74) is 0.494. The van der Waals surface area contributed by atoms with Crippen molar-refractivity contribution in [2.75, 3.05) is 18.8 Å². The van der Waals surface area contributed by atoms with E-state index < -0.39 is 28.8 Å². The van der Waals surface area contributed by atoms with Crippen LogP contribution in [-0.4, -0.2) is 30.9 Å². The third-order valence-electron chi connectivity index (χ3n) is 2.58. The first-order valence-electron chi connectivity index (χ1n) is 4.81. The van der Waals surface area contributed by atoms with Crippen molar-refractivity contribution in [1.82, 2.24) is 0 Å². The van der Waals surface area contributed by atoms with Gasteiger partial charge >= 0.3 is 7.12 Å². The Kier molecular flexibility index (Phi) is 2.76. The molecule has 0 bridgehead atoms. The molecule has 0 saturated carbocycles.